The van der Waals surface area contributed by atoms with Crippen molar-refractivity contribution in [2.45, 2.75) is 24.5 Å². The first-order valence-corrected chi connectivity index (χ1v) is 8.35. The second-order valence-corrected chi connectivity index (χ2v) is 6.98. The zero-order valence-electron chi connectivity index (χ0n) is 11.9. The first-order chi connectivity index (χ1) is 10.2. The lowest BCUT2D eigenvalue weighted by molar-refractivity contribution is -0.0526. The maximum absolute atomic E-state index is 11.7. The van der Waals surface area contributed by atoms with E-state index in [0.29, 0.717) is 0 Å². The molecule has 22 heavy (non-hydrogen) atoms. The Labute approximate surface area is 124 Å². The van der Waals surface area contributed by atoms with Crippen LogP contribution in [0.2, 0.25) is 0 Å². The number of hydrogen-bond acceptors (Lipinski definition) is 8. The Bertz CT molecular complexity index is 685. The standard InChI is InChI=1S/C11H17N2O8P/c1-19-22(2,18)20-5-6-8(15)9(16)10(21-6)13-4-3-7(14)12-11(13)17/h3-4,6,8-10,15-16H,5H2,1-2H3,(H,12,14,17). The second-order valence-electron chi connectivity index (χ2n) is 4.81. The number of aliphatic hydroxyl groups is 2. The van der Waals surface area contributed by atoms with Gasteiger partial charge in [-0.1, -0.05) is 0 Å². The van der Waals surface area contributed by atoms with Gasteiger partial charge in [-0.2, -0.15) is 0 Å². The lowest BCUT2D eigenvalue weighted by Gasteiger charge is -2.17. The Kier molecular flexibility index (Phi) is 5.00. The molecule has 2 heterocycles. The van der Waals surface area contributed by atoms with Crippen molar-refractivity contribution in [3.63, 3.8) is 0 Å². The van der Waals surface area contributed by atoms with Crippen molar-refractivity contribution < 1.29 is 28.6 Å². The Balaban J connectivity index is 2.15. The average Bonchev–Trinajstić information content (AvgIpc) is 2.73. The van der Waals surface area contributed by atoms with Crippen molar-refractivity contribution in [3.05, 3.63) is 33.1 Å². The van der Waals surface area contributed by atoms with Crippen LogP contribution in [0.1, 0.15) is 6.23 Å². The molecule has 0 saturated carbocycles. The van der Waals surface area contributed by atoms with Gasteiger partial charge in [-0.25, -0.2) is 4.79 Å². The molecule has 1 aliphatic rings. The summed E-state index contributed by atoms with van der Waals surface area (Å²) in [5, 5.41) is 19.9. The zero-order chi connectivity index (χ0) is 16.5. The van der Waals surface area contributed by atoms with Crippen LogP contribution < -0.4 is 11.2 Å². The van der Waals surface area contributed by atoms with Gasteiger partial charge in [0.2, 0.25) is 0 Å². The monoisotopic (exact) mass is 336 g/mol. The number of hydrogen-bond donors (Lipinski definition) is 3. The van der Waals surface area contributed by atoms with E-state index >= 15 is 0 Å². The molecule has 5 atom stereocenters. The molecule has 2 rings (SSSR count). The molecule has 0 spiro atoms. The molecule has 10 nitrogen and oxygen atoms in total. The molecule has 1 fully saturated rings. The third-order valence-electron chi connectivity index (χ3n) is 3.27. The van der Waals surface area contributed by atoms with E-state index in [-0.39, 0.29) is 6.61 Å². The van der Waals surface area contributed by atoms with E-state index in [1.54, 1.807) is 0 Å². The second kappa shape index (κ2) is 6.45. The van der Waals surface area contributed by atoms with E-state index in [1.165, 1.54) is 13.8 Å². The molecule has 3 N–H and O–H groups in total. The van der Waals surface area contributed by atoms with Gasteiger partial charge in [0.25, 0.3) is 5.56 Å². The van der Waals surface area contributed by atoms with Crippen LogP contribution in [0.3, 0.4) is 0 Å². The van der Waals surface area contributed by atoms with Crippen molar-refractivity contribution in [1.29, 1.82) is 0 Å². The number of rotatable bonds is 5. The number of ether oxygens (including phenoxy) is 1. The van der Waals surface area contributed by atoms with Crippen LogP contribution in [0.15, 0.2) is 21.9 Å². The van der Waals surface area contributed by atoms with Crippen molar-refractivity contribution in [3.8, 4) is 0 Å². The summed E-state index contributed by atoms with van der Waals surface area (Å²) >= 11 is 0. The van der Waals surface area contributed by atoms with Gasteiger partial charge in [0.05, 0.1) is 6.61 Å². The maximum Gasteiger partial charge on any atom is 0.330 e. The van der Waals surface area contributed by atoms with Crippen LogP contribution in [0.25, 0.3) is 0 Å². The van der Waals surface area contributed by atoms with E-state index in [4.69, 9.17) is 9.26 Å². The minimum absolute atomic E-state index is 0.297. The van der Waals surface area contributed by atoms with E-state index in [0.717, 1.165) is 16.8 Å². The molecule has 124 valence electrons. The highest BCUT2D eigenvalue weighted by Gasteiger charge is 2.44. The van der Waals surface area contributed by atoms with E-state index in [2.05, 4.69) is 4.52 Å². The minimum atomic E-state index is -3.27. The lowest BCUT2D eigenvalue weighted by atomic mass is 10.1. The summed E-state index contributed by atoms with van der Waals surface area (Å²) < 4.78 is 27.6. The highest BCUT2D eigenvalue weighted by atomic mass is 31.2. The number of nitrogens with zero attached hydrogens (tertiary/aromatic N) is 1. The van der Waals surface area contributed by atoms with Gasteiger partial charge in [-0.15, -0.1) is 0 Å². The summed E-state index contributed by atoms with van der Waals surface area (Å²) in [6.45, 7) is 0.948. The summed E-state index contributed by atoms with van der Waals surface area (Å²) in [5.74, 6) is 0. The van der Waals surface area contributed by atoms with Gasteiger partial charge in [0.1, 0.15) is 18.3 Å². The van der Waals surface area contributed by atoms with Crippen molar-refractivity contribution in [2.75, 3.05) is 20.4 Å². The highest BCUT2D eigenvalue weighted by Crippen LogP contribution is 2.43. The fourth-order valence-electron chi connectivity index (χ4n) is 1.99. The molecule has 1 aliphatic heterocycles. The predicted molar refractivity (Wildman–Crippen MR) is 73.7 cm³/mol. The summed E-state index contributed by atoms with van der Waals surface area (Å²) in [4.78, 5) is 24.7. The van der Waals surface area contributed by atoms with Gasteiger partial charge < -0.3 is 24.0 Å². The highest BCUT2D eigenvalue weighted by molar-refractivity contribution is 7.52. The normalized spacial score (nSPS) is 31.1. The van der Waals surface area contributed by atoms with Gasteiger partial charge >= 0.3 is 13.3 Å². The molecule has 1 saturated heterocycles. The first kappa shape index (κ1) is 17.1. The summed E-state index contributed by atoms with van der Waals surface area (Å²) in [5.41, 5.74) is -1.38. The molecule has 0 aliphatic carbocycles. The molecule has 1 aromatic rings. The molecular weight excluding hydrogens is 319 g/mol. The third kappa shape index (κ3) is 3.54. The van der Waals surface area contributed by atoms with Gasteiger partial charge in [-0.05, 0) is 0 Å². The van der Waals surface area contributed by atoms with Crippen molar-refractivity contribution in [2.24, 2.45) is 0 Å². The minimum Gasteiger partial charge on any atom is -0.387 e. The molecule has 0 bridgehead atoms. The molecule has 0 aromatic carbocycles. The van der Waals surface area contributed by atoms with Gasteiger partial charge in [0.15, 0.2) is 6.23 Å². The quantitative estimate of drug-likeness (QED) is 0.560. The van der Waals surface area contributed by atoms with Crippen LogP contribution in [0.5, 0.6) is 0 Å². The molecular formula is C11H17N2O8P. The van der Waals surface area contributed by atoms with Crippen molar-refractivity contribution >= 4 is 7.60 Å². The fourth-order valence-corrected chi connectivity index (χ4v) is 2.51. The van der Waals surface area contributed by atoms with Gasteiger partial charge in [-0.3, -0.25) is 18.9 Å². The van der Waals surface area contributed by atoms with Crippen LogP contribution in [-0.2, 0) is 18.3 Å². The van der Waals surface area contributed by atoms with Crippen LogP contribution >= 0.6 is 7.60 Å². The lowest BCUT2D eigenvalue weighted by Crippen LogP contribution is -2.37. The van der Waals surface area contributed by atoms with Crippen LogP contribution in [0, 0.1) is 0 Å². The first-order valence-electron chi connectivity index (χ1n) is 6.36. The average molecular weight is 336 g/mol. The summed E-state index contributed by atoms with van der Waals surface area (Å²) in [6.07, 6.45) is -3.85. The number of nitrogens with one attached hydrogen (secondary N) is 1. The summed E-state index contributed by atoms with van der Waals surface area (Å²) in [6, 6.07) is 1.08. The third-order valence-corrected chi connectivity index (χ3v) is 4.55. The van der Waals surface area contributed by atoms with Crippen molar-refractivity contribution in [1.82, 2.24) is 9.55 Å². The van der Waals surface area contributed by atoms with E-state index in [1.807, 2.05) is 4.98 Å². The Morgan fingerprint density at radius 3 is 2.68 bits per heavy atom. The Morgan fingerprint density at radius 2 is 2.09 bits per heavy atom. The number of aromatic nitrogens is 2. The Hall–Kier alpha value is -1.29. The molecule has 5 unspecified atom stereocenters. The van der Waals surface area contributed by atoms with Gasteiger partial charge in [0, 0.05) is 26.0 Å². The van der Waals surface area contributed by atoms with Crippen LogP contribution in [0.4, 0.5) is 0 Å². The topological polar surface area (TPSA) is 140 Å². The largest absolute Gasteiger partial charge is 0.387 e. The molecule has 1 aromatic heterocycles. The summed E-state index contributed by atoms with van der Waals surface area (Å²) in [7, 11) is -2.06. The molecule has 0 amide bonds. The number of H-pyrrole nitrogens is 1. The number of aliphatic hydroxyl groups excluding tert-OH is 2. The molecule has 11 heteroatoms. The van der Waals surface area contributed by atoms with E-state index in [9.17, 15) is 24.4 Å². The smallest absolute Gasteiger partial charge is 0.330 e. The Morgan fingerprint density at radius 1 is 1.41 bits per heavy atom. The maximum atomic E-state index is 11.7. The predicted octanol–water partition coefficient (Wildman–Crippen LogP) is -1.36. The zero-order valence-corrected chi connectivity index (χ0v) is 12.8. The van der Waals surface area contributed by atoms with E-state index < -0.39 is 43.4 Å². The molecule has 0 radical (unpaired) electrons. The number of aromatic amines is 1. The fraction of sp³-hybridized carbons (Fsp3) is 0.636. The van der Waals surface area contributed by atoms with Crippen LogP contribution in [-0.4, -0.2) is 58.5 Å². The SMILES string of the molecule is COP(C)(=O)OCC1OC(n2ccc(=O)[nH]c2=O)C(O)C1O.